The molecular formula is C10H12F3NO5S. The third kappa shape index (κ3) is 5.33. The van der Waals surface area contributed by atoms with Crippen molar-refractivity contribution >= 4 is 10.0 Å². The molecule has 0 fully saturated rings. The fourth-order valence-corrected chi connectivity index (χ4v) is 2.13. The predicted molar refractivity (Wildman–Crippen MR) is 61.3 cm³/mol. The van der Waals surface area contributed by atoms with Gasteiger partial charge < -0.3 is 9.47 Å². The van der Waals surface area contributed by atoms with E-state index >= 15 is 0 Å². The molecule has 0 atom stereocenters. The van der Waals surface area contributed by atoms with Crippen molar-refractivity contribution in [3.05, 3.63) is 24.3 Å². The van der Waals surface area contributed by atoms with E-state index in [4.69, 9.17) is 0 Å². The molecule has 114 valence electrons. The van der Waals surface area contributed by atoms with E-state index in [1.54, 1.807) is 4.89 Å². The van der Waals surface area contributed by atoms with E-state index in [9.17, 15) is 21.6 Å². The highest BCUT2D eigenvalue weighted by Gasteiger charge is 2.34. The fourth-order valence-electron chi connectivity index (χ4n) is 1.17. The lowest BCUT2D eigenvalue weighted by atomic mass is 10.3. The summed E-state index contributed by atoms with van der Waals surface area (Å²) in [5.41, 5.74) is 0. The molecule has 0 saturated heterocycles. The molecule has 0 aromatic heterocycles. The molecule has 0 saturated carbocycles. The molecule has 0 aliphatic carbocycles. The zero-order chi connectivity index (χ0) is 15.2. The van der Waals surface area contributed by atoms with Gasteiger partial charge in [-0.05, 0) is 12.1 Å². The van der Waals surface area contributed by atoms with Crippen molar-refractivity contribution in [2.45, 2.75) is 11.3 Å². The first-order valence-corrected chi connectivity index (χ1v) is 6.72. The van der Waals surface area contributed by atoms with Crippen LogP contribution in [0.15, 0.2) is 29.2 Å². The third-order valence-electron chi connectivity index (χ3n) is 1.92. The summed E-state index contributed by atoms with van der Waals surface area (Å²) in [6.45, 7) is 0.0151. The van der Waals surface area contributed by atoms with Crippen LogP contribution < -0.4 is 9.62 Å². The third-order valence-corrected chi connectivity index (χ3v) is 3.18. The number of hydrogen-bond donors (Lipinski definition) is 1. The Morgan fingerprint density at radius 1 is 1.20 bits per heavy atom. The number of para-hydroxylation sites is 1. The lowest BCUT2D eigenvalue weighted by molar-refractivity contribution is -0.275. The Bertz CT molecular complexity index is 532. The van der Waals surface area contributed by atoms with E-state index in [1.165, 1.54) is 19.2 Å². The highest BCUT2D eigenvalue weighted by Crippen LogP contribution is 2.29. The molecule has 0 bridgehead atoms. The van der Waals surface area contributed by atoms with Gasteiger partial charge in [0.15, 0.2) is 0 Å². The SMILES string of the molecule is COCCONS(=O)(=O)c1ccccc1OC(F)(F)F. The summed E-state index contributed by atoms with van der Waals surface area (Å²) in [4.78, 5) is 5.57. The zero-order valence-corrected chi connectivity index (χ0v) is 11.1. The Balaban J connectivity index is 2.89. The monoisotopic (exact) mass is 315 g/mol. The van der Waals surface area contributed by atoms with E-state index < -0.39 is 27.0 Å². The van der Waals surface area contributed by atoms with Crippen molar-refractivity contribution in [2.75, 3.05) is 20.3 Å². The van der Waals surface area contributed by atoms with Gasteiger partial charge in [-0.15, -0.1) is 13.2 Å². The minimum Gasteiger partial charge on any atom is -0.404 e. The van der Waals surface area contributed by atoms with Crippen LogP contribution in [0.5, 0.6) is 5.75 Å². The number of alkyl halides is 3. The lowest BCUT2D eigenvalue weighted by Crippen LogP contribution is -2.27. The van der Waals surface area contributed by atoms with Crippen LogP contribution in [0.4, 0.5) is 13.2 Å². The highest BCUT2D eigenvalue weighted by atomic mass is 32.2. The minimum absolute atomic E-state index is 0.0992. The summed E-state index contributed by atoms with van der Waals surface area (Å²) >= 11 is 0. The number of hydrogen-bond acceptors (Lipinski definition) is 5. The van der Waals surface area contributed by atoms with Gasteiger partial charge in [0, 0.05) is 7.11 Å². The molecular weight excluding hydrogens is 303 g/mol. The summed E-state index contributed by atoms with van der Waals surface area (Å²) in [6.07, 6.45) is -5.00. The maximum absolute atomic E-state index is 12.2. The second-order valence-electron chi connectivity index (χ2n) is 3.42. The van der Waals surface area contributed by atoms with Crippen molar-refractivity contribution in [2.24, 2.45) is 0 Å². The van der Waals surface area contributed by atoms with Crippen LogP contribution in [0.3, 0.4) is 0 Å². The molecule has 0 aliphatic heterocycles. The minimum atomic E-state index is -5.00. The zero-order valence-electron chi connectivity index (χ0n) is 10.3. The van der Waals surface area contributed by atoms with Crippen LogP contribution in [-0.2, 0) is 19.6 Å². The molecule has 20 heavy (non-hydrogen) atoms. The maximum Gasteiger partial charge on any atom is 0.573 e. The van der Waals surface area contributed by atoms with Crippen LogP contribution in [0.1, 0.15) is 0 Å². The summed E-state index contributed by atoms with van der Waals surface area (Å²) in [5, 5.41) is 0. The van der Waals surface area contributed by atoms with Gasteiger partial charge in [-0.1, -0.05) is 17.0 Å². The highest BCUT2D eigenvalue weighted by molar-refractivity contribution is 7.89. The van der Waals surface area contributed by atoms with Crippen LogP contribution >= 0.6 is 0 Å². The van der Waals surface area contributed by atoms with Crippen molar-refractivity contribution in [3.8, 4) is 5.75 Å². The first kappa shape index (κ1) is 16.7. The summed E-state index contributed by atoms with van der Waals surface area (Å²) in [7, 11) is -2.92. The molecule has 0 amide bonds. The van der Waals surface area contributed by atoms with Gasteiger partial charge in [0.25, 0.3) is 10.0 Å². The quantitative estimate of drug-likeness (QED) is 0.609. The van der Waals surface area contributed by atoms with Gasteiger partial charge >= 0.3 is 6.36 Å². The Hall–Kier alpha value is -1.36. The first-order chi connectivity index (χ1) is 9.26. The van der Waals surface area contributed by atoms with Crippen molar-refractivity contribution in [1.29, 1.82) is 0 Å². The molecule has 1 aromatic rings. The number of methoxy groups -OCH3 is 1. The number of benzene rings is 1. The van der Waals surface area contributed by atoms with Crippen LogP contribution in [0.25, 0.3) is 0 Å². The van der Waals surface area contributed by atoms with Crippen LogP contribution in [0.2, 0.25) is 0 Å². The maximum atomic E-state index is 12.2. The van der Waals surface area contributed by atoms with E-state index in [1.807, 2.05) is 0 Å². The summed E-state index contributed by atoms with van der Waals surface area (Å²) in [6, 6.07) is 4.32. The van der Waals surface area contributed by atoms with Crippen molar-refractivity contribution in [1.82, 2.24) is 4.89 Å². The molecule has 0 spiro atoms. The van der Waals surface area contributed by atoms with Crippen LogP contribution in [0, 0.1) is 0 Å². The Labute approximate surface area is 113 Å². The average molecular weight is 315 g/mol. The normalized spacial score (nSPS) is 12.4. The number of rotatable bonds is 7. The van der Waals surface area contributed by atoms with E-state index in [0.717, 1.165) is 12.1 Å². The molecule has 0 aliphatic rings. The number of halogens is 3. The van der Waals surface area contributed by atoms with Crippen LogP contribution in [-0.4, -0.2) is 35.1 Å². The number of nitrogens with one attached hydrogen (secondary N) is 1. The van der Waals surface area contributed by atoms with E-state index in [-0.39, 0.29) is 13.2 Å². The van der Waals surface area contributed by atoms with Gasteiger partial charge in [-0.25, -0.2) is 8.42 Å². The molecule has 1 rings (SSSR count). The van der Waals surface area contributed by atoms with Crippen molar-refractivity contribution in [3.63, 3.8) is 0 Å². The molecule has 0 radical (unpaired) electrons. The summed E-state index contributed by atoms with van der Waals surface area (Å²) < 4.78 is 68.4. The Kier molecular flexibility index (Phi) is 5.74. The Morgan fingerprint density at radius 2 is 1.85 bits per heavy atom. The van der Waals surface area contributed by atoms with Gasteiger partial charge in [0.2, 0.25) is 0 Å². The Morgan fingerprint density at radius 3 is 2.45 bits per heavy atom. The van der Waals surface area contributed by atoms with Gasteiger partial charge in [0.1, 0.15) is 10.6 Å². The van der Waals surface area contributed by atoms with E-state index in [0.29, 0.717) is 0 Å². The largest absolute Gasteiger partial charge is 0.573 e. The predicted octanol–water partition coefficient (Wildman–Crippen LogP) is 1.44. The second-order valence-corrected chi connectivity index (χ2v) is 5.04. The van der Waals surface area contributed by atoms with Gasteiger partial charge in [0.05, 0.1) is 13.2 Å². The second kappa shape index (κ2) is 6.88. The average Bonchev–Trinajstić information content (AvgIpc) is 2.33. The lowest BCUT2D eigenvalue weighted by Gasteiger charge is -2.13. The van der Waals surface area contributed by atoms with E-state index in [2.05, 4.69) is 14.3 Å². The summed E-state index contributed by atoms with van der Waals surface area (Å²) in [5.74, 6) is -0.845. The molecule has 1 N–H and O–H groups in total. The van der Waals surface area contributed by atoms with Gasteiger partial charge in [-0.2, -0.15) is 0 Å². The molecule has 0 heterocycles. The molecule has 0 unspecified atom stereocenters. The fraction of sp³-hybridized carbons (Fsp3) is 0.400. The standard InChI is InChI=1S/C10H12F3NO5S/c1-17-6-7-18-14-20(15,16)9-5-3-2-4-8(9)19-10(11,12)13/h2-5,14H,6-7H2,1H3. The topological polar surface area (TPSA) is 73.9 Å². The molecule has 6 nitrogen and oxygen atoms in total. The smallest absolute Gasteiger partial charge is 0.404 e. The number of ether oxygens (including phenoxy) is 2. The molecule has 1 aromatic carbocycles. The van der Waals surface area contributed by atoms with Crippen molar-refractivity contribution < 1.29 is 35.9 Å². The number of sulfonamides is 1. The first-order valence-electron chi connectivity index (χ1n) is 5.23. The molecule has 10 heteroatoms. The van der Waals surface area contributed by atoms with Gasteiger partial charge in [-0.3, -0.25) is 4.84 Å².